The van der Waals surface area contributed by atoms with Gasteiger partial charge in [0.25, 0.3) is 5.91 Å². The summed E-state index contributed by atoms with van der Waals surface area (Å²) in [7, 11) is 0. The van der Waals surface area contributed by atoms with Crippen LogP contribution in [0.1, 0.15) is 54.3 Å². The second kappa shape index (κ2) is 9.82. The zero-order valence-electron chi connectivity index (χ0n) is 17.4. The number of hydrogen-bond donors (Lipinski definition) is 1. The van der Waals surface area contributed by atoms with E-state index in [-0.39, 0.29) is 30.3 Å². The van der Waals surface area contributed by atoms with Gasteiger partial charge in [0.05, 0.1) is 11.9 Å². The average Bonchev–Trinajstić information content (AvgIpc) is 3.13. The predicted octanol–water partition coefficient (Wildman–Crippen LogP) is 3.89. The van der Waals surface area contributed by atoms with Crippen molar-refractivity contribution in [2.75, 3.05) is 13.2 Å². The number of thiazole rings is 1. The van der Waals surface area contributed by atoms with Crippen molar-refractivity contribution in [2.45, 2.75) is 59.3 Å². The fourth-order valence-electron chi connectivity index (χ4n) is 3.01. The lowest BCUT2D eigenvalue weighted by molar-refractivity contribution is -0.148. The number of ether oxygens (including phenoxy) is 1. The summed E-state index contributed by atoms with van der Waals surface area (Å²) in [5.41, 5.74) is 6.91. The number of rotatable bonds is 8. The Morgan fingerprint density at radius 2 is 1.82 bits per heavy atom. The Hall–Kier alpha value is -2.21. The molecule has 0 unspecified atom stereocenters. The second-order valence-corrected chi connectivity index (χ2v) is 9.04. The van der Waals surface area contributed by atoms with E-state index in [1.54, 1.807) is 11.7 Å². The Morgan fingerprint density at radius 3 is 2.39 bits per heavy atom. The molecule has 152 valence electrons. The minimum Gasteiger partial charge on any atom is -0.456 e. The molecule has 2 aromatic rings. The number of nitrogens with zero attached hydrogens (tertiary/aromatic N) is 1. The van der Waals surface area contributed by atoms with Gasteiger partial charge >= 0.3 is 5.97 Å². The highest BCUT2D eigenvalue weighted by atomic mass is 32.1. The summed E-state index contributed by atoms with van der Waals surface area (Å²) in [5.74, 6) is -0.638. The third-order valence-corrected chi connectivity index (χ3v) is 5.52. The van der Waals surface area contributed by atoms with Crippen LogP contribution < -0.4 is 5.32 Å². The molecule has 0 saturated carbocycles. The van der Waals surface area contributed by atoms with Gasteiger partial charge in [-0.2, -0.15) is 0 Å². The summed E-state index contributed by atoms with van der Waals surface area (Å²) >= 11 is 1.50. The first kappa shape index (κ1) is 22.1. The van der Waals surface area contributed by atoms with E-state index in [1.807, 2.05) is 0 Å². The number of hydrogen-bond acceptors (Lipinski definition) is 5. The molecule has 0 atom stereocenters. The first-order valence-corrected chi connectivity index (χ1v) is 10.4. The highest BCUT2D eigenvalue weighted by molar-refractivity contribution is 7.09. The van der Waals surface area contributed by atoms with Crippen molar-refractivity contribution in [3.05, 3.63) is 51.0 Å². The molecule has 0 fully saturated rings. The van der Waals surface area contributed by atoms with Gasteiger partial charge in [-0.25, -0.2) is 0 Å². The molecule has 2 rings (SSSR count). The SMILES string of the molecule is Cc1cc(C(C)(C)C)cc(C)c1CCNC(=O)COC(=O)CCc1cncs1. The quantitative estimate of drug-likeness (QED) is 0.680. The molecule has 1 aromatic carbocycles. The Balaban J connectivity index is 1.74. The van der Waals surface area contributed by atoms with Crippen LogP contribution in [-0.2, 0) is 32.6 Å². The average molecular weight is 403 g/mol. The van der Waals surface area contributed by atoms with Crippen LogP contribution in [-0.4, -0.2) is 30.0 Å². The molecule has 1 aromatic heterocycles. The van der Waals surface area contributed by atoms with Gasteiger partial charge in [0.1, 0.15) is 0 Å². The molecule has 0 aliphatic carbocycles. The van der Waals surface area contributed by atoms with Crippen LogP contribution in [0.3, 0.4) is 0 Å². The normalized spacial score (nSPS) is 11.3. The third kappa shape index (κ3) is 6.75. The summed E-state index contributed by atoms with van der Waals surface area (Å²) in [6.45, 7) is 11.1. The van der Waals surface area contributed by atoms with Gasteiger partial charge in [-0.3, -0.25) is 14.6 Å². The summed E-state index contributed by atoms with van der Waals surface area (Å²) in [4.78, 5) is 28.6. The van der Waals surface area contributed by atoms with Crippen molar-refractivity contribution < 1.29 is 14.3 Å². The molecule has 0 saturated heterocycles. The van der Waals surface area contributed by atoms with Crippen molar-refractivity contribution in [1.82, 2.24) is 10.3 Å². The summed E-state index contributed by atoms with van der Waals surface area (Å²) in [6, 6.07) is 4.46. The van der Waals surface area contributed by atoms with Gasteiger partial charge in [-0.05, 0) is 54.4 Å². The zero-order valence-corrected chi connectivity index (χ0v) is 18.2. The monoisotopic (exact) mass is 402 g/mol. The minimum atomic E-state index is -0.368. The van der Waals surface area contributed by atoms with Crippen molar-refractivity contribution in [1.29, 1.82) is 0 Å². The highest BCUT2D eigenvalue weighted by Crippen LogP contribution is 2.27. The molecule has 1 heterocycles. The summed E-state index contributed by atoms with van der Waals surface area (Å²) in [5, 5.41) is 2.83. The van der Waals surface area contributed by atoms with Crippen LogP contribution in [0.4, 0.5) is 0 Å². The Morgan fingerprint density at radius 1 is 1.14 bits per heavy atom. The van der Waals surface area contributed by atoms with Gasteiger partial charge < -0.3 is 10.1 Å². The van der Waals surface area contributed by atoms with E-state index in [9.17, 15) is 9.59 Å². The van der Waals surface area contributed by atoms with E-state index in [1.165, 1.54) is 33.6 Å². The molecule has 0 aliphatic heterocycles. The van der Waals surface area contributed by atoms with Crippen molar-refractivity contribution in [3.8, 4) is 0 Å². The van der Waals surface area contributed by atoms with Crippen LogP contribution in [0.2, 0.25) is 0 Å². The standard InChI is InChI=1S/C22H30N2O3S/c1-15-10-17(22(3,4)5)11-16(2)19(15)8-9-24-20(25)13-27-21(26)7-6-18-12-23-14-28-18/h10-12,14H,6-9,13H2,1-5H3,(H,24,25). The Kier molecular flexibility index (Phi) is 7.75. The summed E-state index contributed by atoms with van der Waals surface area (Å²) in [6.07, 6.45) is 3.35. The van der Waals surface area contributed by atoms with Crippen LogP contribution in [0.5, 0.6) is 0 Å². The topological polar surface area (TPSA) is 68.3 Å². The van der Waals surface area contributed by atoms with E-state index in [0.29, 0.717) is 13.0 Å². The largest absolute Gasteiger partial charge is 0.456 e. The fraction of sp³-hybridized carbons (Fsp3) is 0.500. The number of amides is 1. The Labute approximate surface area is 171 Å². The molecule has 6 heteroatoms. The zero-order chi connectivity index (χ0) is 20.7. The van der Waals surface area contributed by atoms with E-state index < -0.39 is 0 Å². The number of nitrogens with one attached hydrogen (secondary N) is 1. The molecule has 0 spiro atoms. The minimum absolute atomic E-state index is 0.117. The molecule has 1 N–H and O–H groups in total. The number of esters is 1. The first-order valence-electron chi connectivity index (χ1n) is 9.57. The van der Waals surface area contributed by atoms with E-state index in [2.05, 4.69) is 57.1 Å². The van der Waals surface area contributed by atoms with Gasteiger partial charge in [0.2, 0.25) is 0 Å². The van der Waals surface area contributed by atoms with Crippen molar-refractivity contribution >= 4 is 23.2 Å². The van der Waals surface area contributed by atoms with E-state index in [0.717, 1.165) is 11.3 Å². The lowest BCUT2D eigenvalue weighted by atomic mass is 9.83. The van der Waals surface area contributed by atoms with Crippen molar-refractivity contribution in [2.24, 2.45) is 0 Å². The fourth-order valence-corrected chi connectivity index (χ4v) is 3.61. The lowest BCUT2D eigenvalue weighted by Gasteiger charge is -2.22. The van der Waals surface area contributed by atoms with Gasteiger partial charge in [-0.1, -0.05) is 32.9 Å². The van der Waals surface area contributed by atoms with E-state index in [4.69, 9.17) is 4.74 Å². The van der Waals surface area contributed by atoms with Gasteiger partial charge in [0.15, 0.2) is 6.61 Å². The number of aromatic nitrogens is 1. The van der Waals surface area contributed by atoms with Crippen LogP contribution in [0.25, 0.3) is 0 Å². The van der Waals surface area contributed by atoms with Gasteiger partial charge in [0, 0.05) is 17.6 Å². The third-order valence-electron chi connectivity index (χ3n) is 4.68. The number of benzene rings is 1. The van der Waals surface area contributed by atoms with Crippen LogP contribution in [0, 0.1) is 13.8 Å². The molecule has 1 amide bonds. The molecule has 0 bridgehead atoms. The number of carbonyl (C=O) groups excluding carboxylic acids is 2. The van der Waals surface area contributed by atoms with Crippen LogP contribution in [0.15, 0.2) is 23.8 Å². The first-order chi connectivity index (χ1) is 13.2. The summed E-state index contributed by atoms with van der Waals surface area (Å²) < 4.78 is 5.04. The Bertz CT molecular complexity index is 785. The smallest absolute Gasteiger partial charge is 0.306 e. The predicted molar refractivity (Wildman–Crippen MR) is 113 cm³/mol. The van der Waals surface area contributed by atoms with Crippen LogP contribution >= 0.6 is 11.3 Å². The van der Waals surface area contributed by atoms with Crippen molar-refractivity contribution in [3.63, 3.8) is 0 Å². The molecule has 0 radical (unpaired) electrons. The van der Waals surface area contributed by atoms with E-state index >= 15 is 0 Å². The maximum Gasteiger partial charge on any atom is 0.306 e. The van der Waals surface area contributed by atoms with Gasteiger partial charge in [-0.15, -0.1) is 11.3 Å². The molecule has 0 aliphatic rings. The maximum atomic E-state index is 11.9. The maximum absolute atomic E-state index is 11.9. The lowest BCUT2D eigenvalue weighted by Crippen LogP contribution is -2.30. The second-order valence-electron chi connectivity index (χ2n) is 8.07. The number of aryl methyl sites for hydroxylation is 3. The molecule has 28 heavy (non-hydrogen) atoms. The molecule has 5 nitrogen and oxygen atoms in total. The molecular formula is C22H30N2O3S. The number of carbonyl (C=O) groups is 2. The highest BCUT2D eigenvalue weighted by Gasteiger charge is 2.16. The molecular weight excluding hydrogens is 372 g/mol.